The number of carbonyl (C=O) groups is 1. The molecule has 2 rings (SSSR count). The van der Waals surface area contributed by atoms with Crippen LogP contribution in [0.5, 0.6) is 0 Å². The van der Waals surface area contributed by atoms with Crippen molar-refractivity contribution < 1.29 is 14.3 Å². The van der Waals surface area contributed by atoms with Gasteiger partial charge in [0.25, 0.3) is 0 Å². The molecular weight excluding hydrogens is 245 g/mol. The van der Waals surface area contributed by atoms with Crippen LogP contribution in [-0.4, -0.2) is 16.1 Å². The highest BCUT2D eigenvalue weighted by atomic mass is 35.5. The smallest absolute Gasteiger partial charge is 0.335 e. The molecule has 5 heteroatoms. The van der Waals surface area contributed by atoms with Gasteiger partial charge in [-0.25, -0.2) is 9.18 Å². The molecule has 2 aromatic rings. The van der Waals surface area contributed by atoms with Crippen LogP contribution in [0.25, 0.3) is 11.1 Å². The van der Waals surface area contributed by atoms with E-state index < -0.39 is 11.8 Å². The Kier molecular flexibility index (Phi) is 4.17. The lowest BCUT2D eigenvalue weighted by atomic mass is 10.0. The summed E-state index contributed by atoms with van der Waals surface area (Å²) in [5.41, 5.74) is 1.12. The van der Waals surface area contributed by atoms with E-state index >= 15 is 0 Å². The first-order valence-electron chi connectivity index (χ1n) is 4.61. The number of benzene rings is 1. The molecule has 0 unspecified atom stereocenters. The van der Waals surface area contributed by atoms with Crippen molar-refractivity contribution in [3.8, 4) is 11.1 Å². The molecule has 0 saturated carbocycles. The Morgan fingerprint density at radius 3 is 2.59 bits per heavy atom. The lowest BCUT2D eigenvalue weighted by molar-refractivity contribution is 0.0696. The van der Waals surface area contributed by atoms with E-state index in [-0.39, 0.29) is 18.0 Å². The van der Waals surface area contributed by atoms with Gasteiger partial charge in [0.2, 0.25) is 0 Å². The Balaban J connectivity index is 0.00000144. The predicted octanol–water partition coefficient (Wildman–Crippen LogP) is 3.01. The van der Waals surface area contributed by atoms with Gasteiger partial charge < -0.3 is 5.11 Å². The Morgan fingerprint density at radius 2 is 2.00 bits per heavy atom. The van der Waals surface area contributed by atoms with E-state index in [4.69, 9.17) is 5.11 Å². The Labute approximate surface area is 103 Å². The summed E-state index contributed by atoms with van der Waals surface area (Å²) in [6, 6.07) is 7.14. The van der Waals surface area contributed by atoms with Crippen LogP contribution in [0.2, 0.25) is 0 Å². The summed E-state index contributed by atoms with van der Waals surface area (Å²) in [4.78, 5) is 14.6. The van der Waals surface area contributed by atoms with E-state index in [9.17, 15) is 9.18 Å². The highest BCUT2D eigenvalue weighted by molar-refractivity contribution is 5.89. The Morgan fingerprint density at radius 1 is 1.24 bits per heavy atom. The van der Waals surface area contributed by atoms with Gasteiger partial charge in [-0.15, -0.1) is 12.4 Å². The Hall–Kier alpha value is -1.94. The average molecular weight is 254 g/mol. The van der Waals surface area contributed by atoms with Crippen LogP contribution in [0.1, 0.15) is 10.4 Å². The molecule has 1 N–H and O–H groups in total. The number of carboxylic acid groups (broad SMARTS) is 1. The van der Waals surface area contributed by atoms with Gasteiger partial charge >= 0.3 is 5.97 Å². The molecule has 0 amide bonds. The van der Waals surface area contributed by atoms with Gasteiger partial charge in [0.1, 0.15) is 5.82 Å². The van der Waals surface area contributed by atoms with Gasteiger partial charge in [-0.2, -0.15) is 0 Å². The monoisotopic (exact) mass is 253 g/mol. The SMILES string of the molecule is Cl.O=C(O)c1cc(F)cc(-c2cccnc2)c1. The number of pyridine rings is 1. The third-order valence-electron chi connectivity index (χ3n) is 2.14. The molecule has 0 saturated heterocycles. The summed E-state index contributed by atoms with van der Waals surface area (Å²) in [5.74, 6) is -1.72. The van der Waals surface area contributed by atoms with E-state index in [1.807, 2.05) is 0 Å². The van der Waals surface area contributed by atoms with Crippen molar-refractivity contribution in [2.75, 3.05) is 0 Å². The van der Waals surface area contributed by atoms with Gasteiger partial charge in [-0.3, -0.25) is 4.98 Å². The number of halogens is 2. The van der Waals surface area contributed by atoms with Crippen molar-refractivity contribution in [2.45, 2.75) is 0 Å². The third kappa shape index (κ3) is 3.01. The quantitative estimate of drug-likeness (QED) is 0.895. The number of hydrogen-bond acceptors (Lipinski definition) is 2. The standard InChI is InChI=1S/C12H8FNO2.ClH/c13-11-5-9(4-10(6-11)12(15)16)8-2-1-3-14-7-8;/h1-7H,(H,15,16);1H. The molecule has 0 aliphatic rings. The maximum Gasteiger partial charge on any atom is 0.335 e. The molecule has 1 aromatic carbocycles. The van der Waals surface area contributed by atoms with Crippen LogP contribution in [0, 0.1) is 5.82 Å². The first-order chi connectivity index (χ1) is 7.66. The van der Waals surface area contributed by atoms with Crippen molar-refractivity contribution in [3.05, 3.63) is 54.1 Å². The second kappa shape index (κ2) is 5.41. The largest absolute Gasteiger partial charge is 0.478 e. The first kappa shape index (κ1) is 13.1. The molecule has 17 heavy (non-hydrogen) atoms. The molecule has 0 spiro atoms. The summed E-state index contributed by atoms with van der Waals surface area (Å²) < 4.78 is 13.2. The zero-order valence-electron chi connectivity index (χ0n) is 8.63. The minimum atomic E-state index is -1.15. The van der Waals surface area contributed by atoms with Crippen LogP contribution >= 0.6 is 12.4 Å². The molecule has 88 valence electrons. The van der Waals surface area contributed by atoms with Gasteiger partial charge in [0, 0.05) is 18.0 Å². The van der Waals surface area contributed by atoms with Gasteiger partial charge in [-0.1, -0.05) is 6.07 Å². The summed E-state index contributed by atoms with van der Waals surface area (Å²) >= 11 is 0. The van der Waals surface area contributed by atoms with Gasteiger partial charge in [0.15, 0.2) is 0 Å². The summed E-state index contributed by atoms with van der Waals surface area (Å²) in [7, 11) is 0. The molecule has 3 nitrogen and oxygen atoms in total. The molecule has 1 heterocycles. The normalized spacial score (nSPS) is 9.47. The zero-order chi connectivity index (χ0) is 11.5. The molecule has 0 aliphatic carbocycles. The number of hydrogen-bond donors (Lipinski definition) is 1. The van der Waals surface area contributed by atoms with Crippen LogP contribution in [0.15, 0.2) is 42.7 Å². The van der Waals surface area contributed by atoms with Crippen LogP contribution in [-0.2, 0) is 0 Å². The number of carboxylic acids is 1. The number of nitrogens with zero attached hydrogens (tertiary/aromatic N) is 1. The molecule has 0 bridgehead atoms. The highest BCUT2D eigenvalue weighted by Crippen LogP contribution is 2.20. The number of aromatic carboxylic acids is 1. The molecule has 0 aliphatic heterocycles. The topological polar surface area (TPSA) is 50.2 Å². The first-order valence-corrected chi connectivity index (χ1v) is 4.61. The average Bonchev–Trinajstić information content (AvgIpc) is 2.29. The molecule has 0 atom stereocenters. The zero-order valence-corrected chi connectivity index (χ0v) is 9.45. The maximum atomic E-state index is 13.2. The second-order valence-electron chi connectivity index (χ2n) is 3.28. The van der Waals surface area contributed by atoms with Crippen molar-refractivity contribution in [1.82, 2.24) is 4.98 Å². The molecule has 0 fully saturated rings. The molecular formula is C12H9ClFNO2. The predicted molar refractivity (Wildman–Crippen MR) is 63.8 cm³/mol. The fourth-order valence-corrected chi connectivity index (χ4v) is 1.41. The maximum absolute atomic E-state index is 13.2. The summed E-state index contributed by atoms with van der Waals surface area (Å²) in [5, 5.41) is 8.80. The van der Waals surface area contributed by atoms with Crippen molar-refractivity contribution in [2.24, 2.45) is 0 Å². The van der Waals surface area contributed by atoms with Crippen molar-refractivity contribution in [3.63, 3.8) is 0 Å². The molecule has 1 aromatic heterocycles. The lowest BCUT2D eigenvalue weighted by Gasteiger charge is -2.03. The van der Waals surface area contributed by atoms with Crippen molar-refractivity contribution in [1.29, 1.82) is 0 Å². The van der Waals surface area contributed by atoms with E-state index in [1.54, 1.807) is 24.5 Å². The van der Waals surface area contributed by atoms with Crippen molar-refractivity contribution >= 4 is 18.4 Å². The lowest BCUT2D eigenvalue weighted by Crippen LogP contribution is -1.97. The summed E-state index contributed by atoms with van der Waals surface area (Å²) in [6.45, 7) is 0. The van der Waals surface area contributed by atoms with E-state index in [0.29, 0.717) is 11.1 Å². The third-order valence-corrected chi connectivity index (χ3v) is 2.14. The number of aromatic nitrogens is 1. The second-order valence-corrected chi connectivity index (χ2v) is 3.28. The van der Waals surface area contributed by atoms with E-state index in [1.165, 1.54) is 12.1 Å². The minimum absolute atomic E-state index is 0. The van der Waals surface area contributed by atoms with E-state index in [0.717, 1.165) is 6.07 Å². The summed E-state index contributed by atoms with van der Waals surface area (Å²) in [6.07, 6.45) is 3.15. The Bertz CT molecular complexity index is 531. The fourth-order valence-electron chi connectivity index (χ4n) is 1.41. The number of rotatable bonds is 2. The van der Waals surface area contributed by atoms with Crippen LogP contribution < -0.4 is 0 Å². The fraction of sp³-hybridized carbons (Fsp3) is 0. The molecule has 0 radical (unpaired) electrons. The highest BCUT2D eigenvalue weighted by Gasteiger charge is 2.08. The van der Waals surface area contributed by atoms with Gasteiger partial charge in [-0.05, 0) is 29.8 Å². The minimum Gasteiger partial charge on any atom is -0.478 e. The van der Waals surface area contributed by atoms with Crippen LogP contribution in [0.3, 0.4) is 0 Å². The van der Waals surface area contributed by atoms with Crippen LogP contribution in [0.4, 0.5) is 4.39 Å². The van der Waals surface area contributed by atoms with Gasteiger partial charge in [0.05, 0.1) is 5.56 Å². The van der Waals surface area contributed by atoms with E-state index in [2.05, 4.69) is 4.98 Å².